The summed E-state index contributed by atoms with van der Waals surface area (Å²) < 4.78 is 4.52. The third-order valence-corrected chi connectivity index (χ3v) is 4.65. The summed E-state index contributed by atoms with van der Waals surface area (Å²) in [5.41, 5.74) is 3.88. The standard InChI is InChI=1S/C13H9Br2N3S/c1-7-3-2-4-10(11(7)15)18-12-9(17-13(18)19)5-8(14)6-16-12/h2-6H,1H3,(H,17,19). The number of hydrogen-bond acceptors (Lipinski definition) is 2. The second kappa shape index (κ2) is 4.85. The Kier molecular flexibility index (Phi) is 3.32. The Morgan fingerprint density at radius 1 is 1.32 bits per heavy atom. The first-order valence-electron chi connectivity index (χ1n) is 5.59. The van der Waals surface area contributed by atoms with Crippen molar-refractivity contribution >= 4 is 55.2 Å². The molecule has 0 saturated heterocycles. The number of halogens is 2. The van der Waals surface area contributed by atoms with Crippen molar-refractivity contribution in [2.45, 2.75) is 6.92 Å². The molecule has 1 aromatic carbocycles. The normalized spacial score (nSPS) is 11.1. The molecule has 0 atom stereocenters. The van der Waals surface area contributed by atoms with Crippen LogP contribution in [0.5, 0.6) is 0 Å². The van der Waals surface area contributed by atoms with Crippen LogP contribution >= 0.6 is 44.1 Å². The third-order valence-electron chi connectivity index (χ3n) is 2.90. The molecule has 1 N–H and O–H groups in total. The lowest BCUT2D eigenvalue weighted by Gasteiger charge is -2.08. The van der Waals surface area contributed by atoms with E-state index in [-0.39, 0.29) is 0 Å². The average molecular weight is 399 g/mol. The average Bonchev–Trinajstić information content (AvgIpc) is 2.68. The van der Waals surface area contributed by atoms with Crippen LogP contribution in [0.2, 0.25) is 0 Å². The molecule has 0 fully saturated rings. The Hall–Kier alpha value is -0.980. The van der Waals surface area contributed by atoms with E-state index in [1.54, 1.807) is 6.20 Å². The minimum Gasteiger partial charge on any atom is -0.329 e. The van der Waals surface area contributed by atoms with Gasteiger partial charge in [0.1, 0.15) is 0 Å². The molecule has 3 nitrogen and oxygen atoms in total. The number of fused-ring (bicyclic) bond motifs is 1. The van der Waals surface area contributed by atoms with Crippen LogP contribution in [-0.2, 0) is 0 Å². The van der Waals surface area contributed by atoms with Gasteiger partial charge in [0.25, 0.3) is 0 Å². The molecule has 19 heavy (non-hydrogen) atoms. The summed E-state index contributed by atoms with van der Waals surface area (Å²) in [6.07, 6.45) is 1.77. The summed E-state index contributed by atoms with van der Waals surface area (Å²) in [4.78, 5) is 7.62. The van der Waals surface area contributed by atoms with E-state index < -0.39 is 0 Å². The smallest absolute Gasteiger partial charge is 0.184 e. The quantitative estimate of drug-likeness (QED) is 0.590. The number of benzene rings is 1. The number of H-pyrrole nitrogens is 1. The summed E-state index contributed by atoms with van der Waals surface area (Å²) >= 11 is 12.4. The molecule has 0 aliphatic rings. The van der Waals surface area contributed by atoms with Crippen molar-refractivity contribution in [2.75, 3.05) is 0 Å². The topological polar surface area (TPSA) is 33.6 Å². The molecule has 0 radical (unpaired) electrons. The van der Waals surface area contributed by atoms with Crippen LogP contribution in [0.4, 0.5) is 0 Å². The molecule has 6 heteroatoms. The number of hydrogen-bond donors (Lipinski definition) is 1. The first kappa shape index (κ1) is 13.0. The van der Waals surface area contributed by atoms with E-state index in [0.29, 0.717) is 4.77 Å². The van der Waals surface area contributed by atoms with Crippen molar-refractivity contribution in [1.29, 1.82) is 0 Å². The van der Waals surface area contributed by atoms with Gasteiger partial charge in [-0.1, -0.05) is 12.1 Å². The second-order valence-corrected chi connectivity index (χ2v) is 6.29. The Labute approximate surface area is 131 Å². The van der Waals surface area contributed by atoms with Gasteiger partial charge in [0.15, 0.2) is 10.4 Å². The van der Waals surface area contributed by atoms with Gasteiger partial charge < -0.3 is 4.98 Å². The fourth-order valence-corrected chi connectivity index (χ4v) is 3.07. The molecule has 3 rings (SSSR count). The molecule has 2 heterocycles. The maximum atomic E-state index is 5.41. The number of pyridine rings is 1. The molecule has 96 valence electrons. The van der Waals surface area contributed by atoms with Crippen molar-refractivity contribution in [1.82, 2.24) is 14.5 Å². The molecule has 0 aliphatic carbocycles. The zero-order chi connectivity index (χ0) is 13.6. The van der Waals surface area contributed by atoms with Crippen LogP contribution in [0.25, 0.3) is 16.9 Å². The number of aromatic amines is 1. The highest BCUT2D eigenvalue weighted by atomic mass is 79.9. The van der Waals surface area contributed by atoms with Crippen LogP contribution in [0.15, 0.2) is 39.4 Å². The lowest BCUT2D eigenvalue weighted by molar-refractivity contribution is 1.03. The second-order valence-electron chi connectivity index (χ2n) is 4.20. The van der Waals surface area contributed by atoms with Crippen molar-refractivity contribution in [3.8, 4) is 5.69 Å². The fraction of sp³-hybridized carbons (Fsp3) is 0.0769. The van der Waals surface area contributed by atoms with Gasteiger partial charge in [-0.2, -0.15) is 0 Å². The van der Waals surface area contributed by atoms with Gasteiger partial charge in [-0.05, 0) is 68.7 Å². The molecule has 0 bridgehead atoms. The number of rotatable bonds is 1. The minimum atomic E-state index is 0.631. The summed E-state index contributed by atoms with van der Waals surface area (Å²) in [7, 11) is 0. The highest BCUT2D eigenvalue weighted by Crippen LogP contribution is 2.28. The summed E-state index contributed by atoms with van der Waals surface area (Å²) in [6.45, 7) is 2.05. The number of aryl methyl sites for hydroxylation is 1. The summed E-state index contributed by atoms with van der Waals surface area (Å²) in [5.74, 6) is 0. The van der Waals surface area contributed by atoms with E-state index >= 15 is 0 Å². The van der Waals surface area contributed by atoms with Gasteiger partial charge in [-0.3, -0.25) is 4.57 Å². The predicted molar refractivity (Wildman–Crippen MR) is 86.4 cm³/mol. The molecule has 3 aromatic rings. The number of aromatic nitrogens is 3. The van der Waals surface area contributed by atoms with Crippen molar-refractivity contribution in [2.24, 2.45) is 0 Å². The first-order valence-corrected chi connectivity index (χ1v) is 7.59. The molecule has 0 saturated carbocycles. The SMILES string of the molecule is Cc1cccc(-n2c(=S)[nH]c3cc(Br)cnc32)c1Br. The predicted octanol–water partition coefficient (Wildman–Crippen LogP) is 4.92. The summed E-state index contributed by atoms with van der Waals surface area (Å²) in [6, 6.07) is 8.05. The molecular weight excluding hydrogens is 390 g/mol. The van der Waals surface area contributed by atoms with Crippen molar-refractivity contribution in [3.05, 3.63) is 49.7 Å². The Morgan fingerprint density at radius 3 is 2.89 bits per heavy atom. The van der Waals surface area contributed by atoms with Crippen molar-refractivity contribution in [3.63, 3.8) is 0 Å². The zero-order valence-corrected chi connectivity index (χ0v) is 13.9. The molecular formula is C13H9Br2N3S. The fourth-order valence-electron chi connectivity index (χ4n) is 2.00. The largest absolute Gasteiger partial charge is 0.329 e. The first-order chi connectivity index (χ1) is 9.08. The van der Waals surface area contributed by atoms with Gasteiger partial charge in [-0.25, -0.2) is 4.98 Å². The molecule has 0 unspecified atom stereocenters. The van der Waals surface area contributed by atoms with Crippen molar-refractivity contribution < 1.29 is 0 Å². The van der Waals surface area contributed by atoms with Crippen LogP contribution in [0.1, 0.15) is 5.56 Å². The zero-order valence-electron chi connectivity index (χ0n) is 9.95. The number of imidazole rings is 1. The van der Waals surface area contributed by atoms with E-state index in [2.05, 4.69) is 54.8 Å². The Morgan fingerprint density at radius 2 is 2.11 bits per heavy atom. The van der Waals surface area contributed by atoms with Gasteiger partial charge in [0.2, 0.25) is 0 Å². The Balaban J connectivity index is 2.40. The van der Waals surface area contributed by atoms with Gasteiger partial charge in [0, 0.05) is 15.1 Å². The van der Waals surface area contributed by atoms with Crippen LogP contribution in [0.3, 0.4) is 0 Å². The van der Waals surface area contributed by atoms with Gasteiger partial charge in [0.05, 0.1) is 11.2 Å². The summed E-state index contributed by atoms with van der Waals surface area (Å²) in [5, 5.41) is 0. The minimum absolute atomic E-state index is 0.631. The van der Waals surface area contributed by atoms with Gasteiger partial charge in [-0.15, -0.1) is 0 Å². The maximum absolute atomic E-state index is 5.41. The molecule has 0 amide bonds. The van der Waals surface area contributed by atoms with Gasteiger partial charge >= 0.3 is 0 Å². The molecule has 2 aromatic heterocycles. The molecule has 0 aliphatic heterocycles. The number of nitrogens with zero attached hydrogens (tertiary/aromatic N) is 2. The van der Waals surface area contributed by atoms with E-state index in [4.69, 9.17) is 12.2 Å². The third kappa shape index (κ3) is 2.17. The van der Waals surface area contributed by atoms with E-state index in [0.717, 1.165) is 31.4 Å². The lowest BCUT2D eigenvalue weighted by atomic mass is 10.2. The van der Waals surface area contributed by atoms with E-state index in [1.807, 2.05) is 22.8 Å². The Bertz CT molecular complexity index is 836. The van der Waals surface area contributed by atoms with E-state index in [1.165, 1.54) is 0 Å². The van der Waals surface area contributed by atoms with Crippen LogP contribution < -0.4 is 0 Å². The van der Waals surface area contributed by atoms with Crippen LogP contribution in [-0.4, -0.2) is 14.5 Å². The number of nitrogens with one attached hydrogen (secondary N) is 1. The molecule has 0 spiro atoms. The lowest BCUT2D eigenvalue weighted by Crippen LogP contribution is -1.97. The van der Waals surface area contributed by atoms with E-state index in [9.17, 15) is 0 Å². The highest BCUT2D eigenvalue weighted by molar-refractivity contribution is 9.10. The maximum Gasteiger partial charge on any atom is 0.184 e. The highest BCUT2D eigenvalue weighted by Gasteiger charge is 2.11. The monoisotopic (exact) mass is 397 g/mol. The van der Waals surface area contributed by atoms with Crippen LogP contribution in [0, 0.1) is 11.7 Å².